The van der Waals surface area contributed by atoms with Crippen molar-refractivity contribution in [3.63, 3.8) is 0 Å². The van der Waals surface area contributed by atoms with Gasteiger partial charge in [0.1, 0.15) is 0 Å². The smallest absolute Gasteiger partial charge is 0.257 e. The summed E-state index contributed by atoms with van der Waals surface area (Å²) in [7, 11) is -3.70. The zero-order valence-corrected chi connectivity index (χ0v) is 11.5. The highest BCUT2D eigenvalue weighted by Gasteiger charge is 2.31. The summed E-state index contributed by atoms with van der Waals surface area (Å²) in [6.07, 6.45) is 0.932. The first-order valence-electron chi connectivity index (χ1n) is 6.12. The van der Waals surface area contributed by atoms with Crippen LogP contribution in [0.5, 0.6) is 11.5 Å². The van der Waals surface area contributed by atoms with Crippen molar-refractivity contribution in [3.8, 4) is 11.5 Å². The summed E-state index contributed by atoms with van der Waals surface area (Å²) in [6, 6.07) is 4.07. The minimum absolute atomic E-state index is 0.00718. The lowest BCUT2D eigenvalue weighted by Gasteiger charge is -2.31. The molecule has 7 nitrogen and oxygen atoms in total. The van der Waals surface area contributed by atoms with E-state index in [1.165, 1.54) is 23.1 Å². The number of piperidine rings is 1. The summed E-state index contributed by atoms with van der Waals surface area (Å²) in [6.45, 7) is 0.382. The first-order chi connectivity index (χ1) is 9.30. The zero-order valence-electron chi connectivity index (χ0n) is 10.7. The van der Waals surface area contributed by atoms with E-state index in [4.69, 9.17) is 5.14 Å². The molecule has 0 saturated carbocycles. The van der Waals surface area contributed by atoms with E-state index >= 15 is 0 Å². The average Bonchev–Trinajstić information content (AvgIpc) is 2.40. The van der Waals surface area contributed by atoms with Crippen LogP contribution in [0, 0.1) is 0 Å². The highest BCUT2D eigenvalue weighted by Crippen LogP contribution is 2.30. The van der Waals surface area contributed by atoms with E-state index in [-0.39, 0.29) is 12.1 Å². The summed E-state index contributed by atoms with van der Waals surface area (Å²) in [4.78, 5) is 13.6. The van der Waals surface area contributed by atoms with Gasteiger partial charge in [-0.15, -0.1) is 0 Å². The molecule has 0 bridgehead atoms. The monoisotopic (exact) mass is 300 g/mol. The number of nitrogens with zero attached hydrogens (tertiary/aromatic N) is 1. The number of hydrogen-bond acceptors (Lipinski definition) is 5. The number of rotatable bonds is 2. The molecule has 4 N–H and O–H groups in total. The number of primary sulfonamides is 1. The molecule has 1 unspecified atom stereocenters. The third-order valence-electron chi connectivity index (χ3n) is 3.38. The van der Waals surface area contributed by atoms with Crippen LogP contribution in [0.2, 0.25) is 0 Å². The number of carbonyl (C=O) groups excluding carboxylic acids is 1. The number of carbonyl (C=O) groups is 1. The highest BCUT2D eigenvalue weighted by molar-refractivity contribution is 7.89. The number of aromatic hydroxyl groups is 2. The molecule has 1 amide bonds. The molecular weight excluding hydrogens is 284 g/mol. The fourth-order valence-corrected chi connectivity index (χ4v) is 3.15. The maximum Gasteiger partial charge on any atom is 0.257 e. The van der Waals surface area contributed by atoms with Crippen LogP contribution >= 0.6 is 0 Å². The van der Waals surface area contributed by atoms with Crippen molar-refractivity contribution < 1.29 is 23.4 Å². The summed E-state index contributed by atoms with van der Waals surface area (Å²) in [5.74, 6) is -1.42. The quantitative estimate of drug-likeness (QED) is 0.663. The minimum atomic E-state index is -3.70. The Kier molecular flexibility index (Phi) is 3.87. The summed E-state index contributed by atoms with van der Waals surface area (Å²) < 4.78 is 22.7. The first-order valence-corrected chi connectivity index (χ1v) is 7.73. The molecule has 1 fully saturated rings. The molecule has 1 aromatic rings. The minimum Gasteiger partial charge on any atom is -0.504 e. The van der Waals surface area contributed by atoms with Gasteiger partial charge in [0.25, 0.3) is 5.91 Å². The van der Waals surface area contributed by atoms with Crippen molar-refractivity contribution >= 4 is 15.9 Å². The van der Waals surface area contributed by atoms with Gasteiger partial charge in [0.2, 0.25) is 10.0 Å². The highest BCUT2D eigenvalue weighted by atomic mass is 32.2. The Hall–Kier alpha value is -1.80. The van der Waals surface area contributed by atoms with Crippen LogP contribution in [0.1, 0.15) is 23.2 Å². The third kappa shape index (κ3) is 2.86. The maximum absolute atomic E-state index is 12.3. The van der Waals surface area contributed by atoms with E-state index in [1.807, 2.05) is 0 Å². The Morgan fingerprint density at radius 2 is 2.05 bits per heavy atom. The van der Waals surface area contributed by atoms with Gasteiger partial charge in [0.05, 0.1) is 10.8 Å². The first kappa shape index (κ1) is 14.6. The second kappa shape index (κ2) is 5.29. The van der Waals surface area contributed by atoms with Crippen LogP contribution in [0.25, 0.3) is 0 Å². The van der Waals surface area contributed by atoms with Crippen LogP contribution < -0.4 is 5.14 Å². The molecule has 1 aliphatic heterocycles. The number of para-hydroxylation sites is 1. The van der Waals surface area contributed by atoms with Crippen molar-refractivity contribution in [2.24, 2.45) is 5.14 Å². The standard InChI is InChI=1S/C12H16N2O5S/c13-20(18,19)8-3-2-6-14(7-8)12(17)9-4-1-5-10(15)11(9)16/h1,4-5,8,15-16H,2-3,6-7H2,(H2,13,18,19). The lowest BCUT2D eigenvalue weighted by Crippen LogP contribution is -2.47. The predicted octanol–water partition coefficient (Wildman–Crippen LogP) is -0.00910. The van der Waals surface area contributed by atoms with Gasteiger partial charge < -0.3 is 15.1 Å². The Morgan fingerprint density at radius 3 is 2.70 bits per heavy atom. The predicted molar refractivity (Wildman–Crippen MR) is 71.8 cm³/mol. The molecule has 1 aromatic carbocycles. The second-order valence-corrected chi connectivity index (χ2v) is 6.62. The number of amides is 1. The lowest BCUT2D eigenvalue weighted by molar-refractivity contribution is 0.0723. The fraction of sp³-hybridized carbons (Fsp3) is 0.417. The van der Waals surface area contributed by atoms with Crippen LogP contribution in [-0.2, 0) is 10.0 Å². The van der Waals surface area contributed by atoms with Crippen LogP contribution in [-0.4, -0.2) is 47.8 Å². The van der Waals surface area contributed by atoms with E-state index in [2.05, 4.69) is 0 Å². The van der Waals surface area contributed by atoms with Gasteiger partial charge in [0.15, 0.2) is 11.5 Å². The molecule has 1 heterocycles. The number of hydrogen-bond donors (Lipinski definition) is 3. The van der Waals surface area contributed by atoms with Gasteiger partial charge in [-0.2, -0.15) is 0 Å². The zero-order chi connectivity index (χ0) is 14.9. The number of likely N-dealkylation sites (tertiary alicyclic amines) is 1. The van der Waals surface area contributed by atoms with E-state index in [0.717, 1.165) is 0 Å². The summed E-state index contributed by atoms with van der Waals surface area (Å²) in [5.41, 5.74) is -0.0555. The van der Waals surface area contributed by atoms with Crippen LogP contribution in [0.3, 0.4) is 0 Å². The Labute approximate surface area is 116 Å². The van der Waals surface area contributed by atoms with Gasteiger partial charge in [-0.05, 0) is 25.0 Å². The number of phenols is 2. The molecule has 1 saturated heterocycles. The Morgan fingerprint density at radius 1 is 1.35 bits per heavy atom. The lowest BCUT2D eigenvalue weighted by atomic mass is 10.1. The Bertz CT molecular complexity index is 629. The summed E-state index contributed by atoms with van der Waals surface area (Å²) >= 11 is 0. The molecule has 8 heteroatoms. The molecule has 20 heavy (non-hydrogen) atoms. The fourth-order valence-electron chi connectivity index (χ4n) is 2.27. The van der Waals surface area contributed by atoms with Gasteiger partial charge in [-0.3, -0.25) is 4.79 Å². The van der Waals surface area contributed by atoms with Gasteiger partial charge in [-0.25, -0.2) is 13.6 Å². The number of benzene rings is 1. The maximum atomic E-state index is 12.3. The summed E-state index contributed by atoms with van der Waals surface area (Å²) in [5, 5.41) is 23.4. The van der Waals surface area contributed by atoms with E-state index in [1.54, 1.807) is 0 Å². The third-order valence-corrected chi connectivity index (χ3v) is 4.69. The topological polar surface area (TPSA) is 121 Å². The van der Waals surface area contributed by atoms with Crippen LogP contribution in [0.15, 0.2) is 18.2 Å². The number of sulfonamides is 1. The van der Waals surface area contributed by atoms with Crippen molar-refractivity contribution in [3.05, 3.63) is 23.8 Å². The largest absolute Gasteiger partial charge is 0.504 e. The van der Waals surface area contributed by atoms with Gasteiger partial charge in [0, 0.05) is 13.1 Å². The molecule has 2 rings (SSSR count). The normalized spacial score (nSPS) is 19.9. The van der Waals surface area contributed by atoms with E-state index in [9.17, 15) is 23.4 Å². The molecule has 0 aliphatic carbocycles. The molecule has 0 radical (unpaired) electrons. The van der Waals surface area contributed by atoms with Crippen molar-refractivity contribution in [2.75, 3.05) is 13.1 Å². The number of nitrogens with two attached hydrogens (primary N) is 1. The number of phenolic OH excluding ortho intramolecular Hbond substituents is 2. The molecule has 110 valence electrons. The Balaban J connectivity index is 2.23. The van der Waals surface area contributed by atoms with Gasteiger partial charge >= 0.3 is 0 Å². The van der Waals surface area contributed by atoms with Crippen LogP contribution in [0.4, 0.5) is 0 Å². The molecular formula is C12H16N2O5S. The molecule has 1 aliphatic rings. The molecule has 0 spiro atoms. The second-order valence-electron chi connectivity index (χ2n) is 4.78. The van der Waals surface area contributed by atoms with Crippen molar-refractivity contribution in [2.45, 2.75) is 18.1 Å². The average molecular weight is 300 g/mol. The van der Waals surface area contributed by atoms with E-state index in [0.29, 0.717) is 19.4 Å². The van der Waals surface area contributed by atoms with Crippen molar-refractivity contribution in [1.29, 1.82) is 0 Å². The molecule has 0 aromatic heterocycles. The molecule has 1 atom stereocenters. The van der Waals surface area contributed by atoms with Crippen molar-refractivity contribution in [1.82, 2.24) is 4.90 Å². The van der Waals surface area contributed by atoms with E-state index < -0.39 is 32.7 Å². The SMILES string of the molecule is NS(=O)(=O)C1CCCN(C(=O)c2cccc(O)c2O)C1. The van der Waals surface area contributed by atoms with Gasteiger partial charge in [-0.1, -0.05) is 6.07 Å².